The maximum absolute atomic E-state index is 12.8. The number of H-pyrrole nitrogens is 1. The standard InChI is InChI=1S/C21H21N3O2/c25-20-10-11-23(12-13-24(20)17-6-2-1-3-7-17)21(26)14-16-15-22-19-9-5-4-8-18(16)19/h1-9,15,22H,10-14H2. The Morgan fingerprint density at radius 3 is 2.58 bits per heavy atom. The molecule has 2 aromatic carbocycles. The summed E-state index contributed by atoms with van der Waals surface area (Å²) in [6.07, 6.45) is 2.61. The number of nitrogens with one attached hydrogen (secondary N) is 1. The van der Waals surface area contributed by atoms with Gasteiger partial charge in [-0.1, -0.05) is 36.4 Å². The van der Waals surface area contributed by atoms with Gasteiger partial charge in [0.05, 0.1) is 6.42 Å². The number of benzene rings is 2. The normalized spacial score (nSPS) is 15.3. The van der Waals surface area contributed by atoms with Crippen LogP contribution in [0, 0.1) is 0 Å². The highest BCUT2D eigenvalue weighted by Crippen LogP contribution is 2.20. The molecule has 1 fully saturated rings. The molecule has 132 valence electrons. The number of anilines is 1. The highest BCUT2D eigenvalue weighted by molar-refractivity contribution is 5.94. The van der Waals surface area contributed by atoms with Gasteiger partial charge < -0.3 is 14.8 Å². The summed E-state index contributed by atoms with van der Waals surface area (Å²) in [5, 5.41) is 1.08. The molecule has 2 amide bonds. The Labute approximate surface area is 152 Å². The molecule has 2 heterocycles. The zero-order valence-electron chi connectivity index (χ0n) is 14.5. The molecule has 4 rings (SSSR count). The second-order valence-corrected chi connectivity index (χ2v) is 6.55. The third-order valence-electron chi connectivity index (χ3n) is 4.93. The molecule has 0 bridgehead atoms. The SMILES string of the molecule is O=C(Cc1c[nH]c2ccccc12)N1CCC(=O)N(c2ccccc2)CC1. The number of rotatable bonds is 3. The van der Waals surface area contributed by atoms with E-state index in [2.05, 4.69) is 4.98 Å². The highest BCUT2D eigenvalue weighted by atomic mass is 16.2. The van der Waals surface area contributed by atoms with Crippen LogP contribution in [-0.4, -0.2) is 41.3 Å². The third-order valence-corrected chi connectivity index (χ3v) is 4.93. The molecule has 1 aromatic heterocycles. The summed E-state index contributed by atoms with van der Waals surface area (Å²) in [5.41, 5.74) is 2.93. The first kappa shape index (κ1) is 16.4. The van der Waals surface area contributed by atoms with Gasteiger partial charge in [0.15, 0.2) is 0 Å². The topological polar surface area (TPSA) is 56.4 Å². The number of aromatic amines is 1. The molecule has 0 saturated carbocycles. The molecule has 3 aromatic rings. The van der Waals surface area contributed by atoms with E-state index in [-0.39, 0.29) is 11.8 Å². The zero-order chi connectivity index (χ0) is 17.9. The van der Waals surface area contributed by atoms with Gasteiger partial charge in [-0.3, -0.25) is 9.59 Å². The van der Waals surface area contributed by atoms with Crippen LogP contribution < -0.4 is 4.90 Å². The first-order valence-corrected chi connectivity index (χ1v) is 8.90. The van der Waals surface area contributed by atoms with Gasteiger partial charge in [-0.2, -0.15) is 0 Å². The maximum Gasteiger partial charge on any atom is 0.228 e. The number of fused-ring (bicyclic) bond motifs is 1. The van der Waals surface area contributed by atoms with E-state index < -0.39 is 0 Å². The van der Waals surface area contributed by atoms with Gasteiger partial charge in [0.1, 0.15) is 0 Å². The molecule has 1 aliphatic rings. The molecule has 0 radical (unpaired) electrons. The fraction of sp³-hybridized carbons (Fsp3) is 0.238. The van der Waals surface area contributed by atoms with E-state index in [1.54, 1.807) is 4.90 Å². The fourth-order valence-electron chi connectivity index (χ4n) is 3.51. The number of hydrogen-bond donors (Lipinski definition) is 1. The Morgan fingerprint density at radius 2 is 1.73 bits per heavy atom. The average molecular weight is 347 g/mol. The number of hydrogen-bond acceptors (Lipinski definition) is 2. The minimum atomic E-state index is 0.0671. The van der Waals surface area contributed by atoms with Gasteiger partial charge in [0.25, 0.3) is 0 Å². The number of carbonyl (C=O) groups is 2. The third kappa shape index (κ3) is 3.20. The second kappa shape index (κ2) is 7.04. The van der Waals surface area contributed by atoms with Crippen molar-refractivity contribution in [1.82, 2.24) is 9.88 Å². The predicted octanol–water partition coefficient (Wildman–Crippen LogP) is 2.98. The highest BCUT2D eigenvalue weighted by Gasteiger charge is 2.25. The summed E-state index contributed by atoms with van der Waals surface area (Å²) < 4.78 is 0. The molecule has 26 heavy (non-hydrogen) atoms. The minimum absolute atomic E-state index is 0.0671. The van der Waals surface area contributed by atoms with Crippen molar-refractivity contribution in [2.24, 2.45) is 0 Å². The van der Waals surface area contributed by atoms with Gasteiger partial charge in [0.2, 0.25) is 11.8 Å². The van der Waals surface area contributed by atoms with Gasteiger partial charge in [-0.25, -0.2) is 0 Å². The van der Waals surface area contributed by atoms with Crippen LogP contribution in [0.2, 0.25) is 0 Å². The predicted molar refractivity (Wildman–Crippen MR) is 102 cm³/mol. The smallest absolute Gasteiger partial charge is 0.228 e. The van der Waals surface area contributed by atoms with Gasteiger partial charge in [-0.05, 0) is 23.8 Å². The fourth-order valence-corrected chi connectivity index (χ4v) is 3.51. The van der Waals surface area contributed by atoms with E-state index in [0.717, 1.165) is 22.2 Å². The average Bonchev–Trinajstić information content (AvgIpc) is 2.97. The molecule has 0 unspecified atom stereocenters. The molecule has 5 heteroatoms. The molecular weight excluding hydrogens is 326 g/mol. The van der Waals surface area contributed by atoms with Crippen LogP contribution in [0.5, 0.6) is 0 Å². The van der Waals surface area contributed by atoms with Crippen LogP contribution >= 0.6 is 0 Å². The van der Waals surface area contributed by atoms with Crippen molar-refractivity contribution in [2.45, 2.75) is 12.8 Å². The lowest BCUT2D eigenvalue weighted by atomic mass is 10.1. The van der Waals surface area contributed by atoms with Crippen molar-refractivity contribution >= 4 is 28.4 Å². The molecule has 1 aliphatic heterocycles. The lowest BCUT2D eigenvalue weighted by molar-refractivity contribution is -0.130. The van der Waals surface area contributed by atoms with E-state index >= 15 is 0 Å². The molecule has 1 N–H and O–H groups in total. The van der Waals surface area contributed by atoms with E-state index in [4.69, 9.17) is 0 Å². The summed E-state index contributed by atoms with van der Waals surface area (Å²) >= 11 is 0. The molecular formula is C21H21N3O2. The Kier molecular flexibility index (Phi) is 4.44. The summed E-state index contributed by atoms with van der Waals surface area (Å²) in [6, 6.07) is 17.6. The van der Waals surface area contributed by atoms with Gasteiger partial charge >= 0.3 is 0 Å². The van der Waals surface area contributed by atoms with Crippen molar-refractivity contribution in [3.63, 3.8) is 0 Å². The Bertz CT molecular complexity index is 933. The quantitative estimate of drug-likeness (QED) is 0.792. The van der Waals surface area contributed by atoms with Crippen LogP contribution in [0.25, 0.3) is 10.9 Å². The van der Waals surface area contributed by atoms with Gasteiger partial charge in [0, 0.05) is 48.8 Å². The molecule has 5 nitrogen and oxygen atoms in total. The van der Waals surface area contributed by atoms with Crippen molar-refractivity contribution < 1.29 is 9.59 Å². The molecule has 0 spiro atoms. The van der Waals surface area contributed by atoms with Crippen molar-refractivity contribution in [2.75, 3.05) is 24.5 Å². The summed E-state index contributed by atoms with van der Waals surface area (Å²) in [7, 11) is 0. The minimum Gasteiger partial charge on any atom is -0.361 e. The van der Waals surface area contributed by atoms with Crippen molar-refractivity contribution in [3.05, 3.63) is 66.4 Å². The van der Waals surface area contributed by atoms with Crippen LogP contribution in [0.1, 0.15) is 12.0 Å². The number of aromatic nitrogens is 1. The van der Waals surface area contributed by atoms with E-state index in [1.165, 1.54) is 0 Å². The number of nitrogens with zero attached hydrogens (tertiary/aromatic N) is 2. The maximum atomic E-state index is 12.8. The van der Waals surface area contributed by atoms with Crippen LogP contribution in [0.4, 0.5) is 5.69 Å². The number of carbonyl (C=O) groups excluding carboxylic acids is 2. The van der Waals surface area contributed by atoms with E-state index in [1.807, 2.05) is 65.7 Å². The largest absolute Gasteiger partial charge is 0.361 e. The Morgan fingerprint density at radius 1 is 0.962 bits per heavy atom. The zero-order valence-corrected chi connectivity index (χ0v) is 14.5. The Balaban J connectivity index is 1.47. The first-order valence-electron chi connectivity index (χ1n) is 8.90. The summed E-state index contributed by atoms with van der Waals surface area (Å²) in [4.78, 5) is 32.0. The Hall–Kier alpha value is -3.08. The lowest BCUT2D eigenvalue weighted by Crippen LogP contribution is -2.36. The second-order valence-electron chi connectivity index (χ2n) is 6.55. The number of para-hydroxylation sites is 2. The molecule has 1 saturated heterocycles. The summed E-state index contributed by atoms with van der Waals surface area (Å²) in [6.45, 7) is 1.56. The van der Waals surface area contributed by atoms with Crippen LogP contribution in [0.3, 0.4) is 0 Å². The first-order chi connectivity index (χ1) is 12.7. The van der Waals surface area contributed by atoms with Crippen molar-refractivity contribution in [3.8, 4) is 0 Å². The van der Waals surface area contributed by atoms with E-state index in [9.17, 15) is 9.59 Å². The monoisotopic (exact) mass is 347 g/mol. The van der Waals surface area contributed by atoms with Crippen LogP contribution in [0.15, 0.2) is 60.8 Å². The van der Waals surface area contributed by atoms with Crippen molar-refractivity contribution in [1.29, 1.82) is 0 Å². The molecule has 0 atom stereocenters. The summed E-state index contributed by atoms with van der Waals surface area (Å²) in [5.74, 6) is 0.135. The molecule has 0 aliphatic carbocycles. The number of amides is 2. The van der Waals surface area contributed by atoms with Gasteiger partial charge in [-0.15, -0.1) is 0 Å². The van der Waals surface area contributed by atoms with E-state index in [0.29, 0.717) is 32.5 Å². The lowest BCUT2D eigenvalue weighted by Gasteiger charge is -2.22. The van der Waals surface area contributed by atoms with Crippen LogP contribution in [-0.2, 0) is 16.0 Å².